The number of rotatable bonds is 6. The molecular formula is C19H19N5OS. The summed E-state index contributed by atoms with van der Waals surface area (Å²) in [7, 11) is 1.89. The standard InChI is InChI=1S/C19H19N5OS/c1-24-18(7-16(23-24)14-3-4-14)25-17-6-12(11-26)2-5-15(17)19-21-9-13(8-20)10-22-19/h2,5-7,9-11,14H,3-4,8,20H2,1H3. The summed E-state index contributed by atoms with van der Waals surface area (Å²) < 4.78 is 7.95. The first-order chi connectivity index (χ1) is 12.7. The molecule has 0 radical (unpaired) electrons. The molecule has 2 heterocycles. The van der Waals surface area contributed by atoms with Crippen LogP contribution < -0.4 is 10.5 Å². The molecule has 26 heavy (non-hydrogen) atoms. The molecule has 0 amide bonds. The Balaban J connectivity index is 1.72. The van der Waals surface area contributed by atoms with E-state index >= 15 is 0 Å². The van der Waals surface area contributed by atoms with Crippen molar-refractivity contribution < 1.29 is 4.74 Å². The van der Waals surface area contributed by atoms with E-state index in [4.69, 9.17) is 22.7 Å². The van der Waals surface area contributed by atoms with E-state index in [1.54, 1.807) is 22.4 Å². The van der Waals surface area contributed by atoms with Gasteiger partial charge >= 0.3 is 0 Å². The molecule has 3 aromatic rings. The number of benzene rings is 1. The number of aromatic nitrogens is 4. The van der Waals surface area contributed by atoms with Crippen LogP contribution in [0.1, 0.15) is 35.6 Å². The van der Waals surface area contributed by atoms with Gasteiger partial charge in [0.25, 0.3) is 0 Å². The average molecular weight is 365 g/mol. The third kappa shape index (κ3) is 3.36. The van der Waals surface area contributed by atoms with Crippen LogP contribution in [0.5, 0.6) is 11.6 Å². The van der Waals surface area contributed by atoms with Gasteiger partial charge < -0.3 is 10.5 Å². The van der Waals surface area contributed by atoms with Crippen LogP contribution in [0, 0.1) is 0 Å². The van der Waals surface area contributed by atoms with Gasteiger partial charge in [-0.1, -0.05) is 18.3 Å². The monoisotopic (exact) mass is 365 g/mol. The SMILES string of the molecule is Cn1nc(C2CC2)cc1Oc1cc(C=S)ccc1-c1ncc(CN)cn1. The van der Waals surface area contributed by atoms with Gasteiger partial charge in [0.2, 0.25) is 5.88 Å². The van der Waals surface area contributed by atoms with Gasteiger partial charge in [-0.05, 0) is 30.5 Å². The van der Waals surface area contributed by atoms with E-state index in [-0.39, 0.29) is 0 Å². The number of hydrogen-bond acceptors (Lipinski definition) is 6. The van der Waals surface area contributed by atoms with Crippen molar-refractivity contribution in [3.63, 3.8) is 0 Å². The normalized spacial score (nSPS) is 13.6. The minimum atomic E-state index is 0.409. The minimum absolute atomic E-state index is 0.409. The second kappa shape index (κ2) is 6.93. The molecule has 0 spiro atoms. The summed E-state index contributed by atoms with van der Waals surface area (Å²) in [4.78, 5) is 8.83. The molecule has 1 aromatic carbocycles. The molecule has 0 unspecified atom stereocenters. The molecule has 1 saturated carbocycles. The molecular weight excluding hydrogens is 346 g/mol. The predicted molar refractivity (Wildman–Crippen MR) is 103 cm³/mol. The van der Waals surface area contributed by atoms with E-state index in [1.165, 1.54) is 12.8 Å². The summed E-state index contributed by atoms with van der Waals surface area (Å²) in [5, 5.41) is 6.17. The number of nitrogens with zero attached hydrogens (tertiary/aromatic N) is 4. The average Bonchev–Trinajstić information content (AvgIpc) is 3.46. The molecule has 0 bridgehead atoms. The molecule has 1 fully saturated rings. The summed E-state index contributed by atoms with van der Waals surface area (Å²) >= 11 is 5.06. The highest BCUT2D eigenvalue weighted by atomic mass is 32.1. The molecule has 1 aliphatic carbocycles. The van der Waals surface area contributed by atoms with Crippen molar-refractivity contribution in [3.05, 3.63) is 53.5 Å². The van der Waals surface area contributed by atoms with E-state index in [9.17, 15) is 0 Å². The lowest BCUT2D eigenvalue weighted by molar-refractivity contribution is 0.431. The zero-order chi connectivity index (χ0) is 18.1. The van der Waals surface area contributed by atoms with Crippen molar-refractivity contribution >= 4 is 17.6 Å². The molecule has 4 rings (SSSR count). The molecule has 1 aliphatic rings. The van der Waals surface area contributed by atoms with Gasteiger partial charge in [0.05, 0.1) is 11.3 Å². The molecule has 2 N–H and O–H groups in total. The zero-order valence-corrected chi connectivity index (χ0v) is 15.2. The van der Waals surface area contributed by atoms with Gasteiger partial charge in [0.15, 0.2) is 5.82 Å². The fraction of sp³-hybridized carbons (Fsp3) is 0.263. The fourth-order valence-electron chi connectivity index (χ4n) is 2.74. The Bertz CT molecular complexity index is 947. The van der Waals surface area contributed by atoms with Crippen molar-refractivity contribution in [2.45, 2.75) is 25.3 Å². The van der Waals surface area contributed by atoms with E-state index in [0.29, 0.717) is 29.9 Å². The largest absolute Gasteiger partial charge is 0.439 e. The van der Waals surface area contributed by atoms with Crippen LogP contribution in [0.15, 0.2) is 36.7 Å². The Hall–Kier alpha value is -2.64. The lowest BCUT2D eigenvalue weighted by Crippen LogP contribution is -2.01. The molecule has 0 saturated heterocycles. The number of hydrogen-bond donors (Lipinski definition) is 1. The second-order valence-corrected chi connectivity index (χ2v) is 6.64. The highest BCUT2D eigenvalue weighted by Crippen LogP contribution is 2.41. The molecule has 7 heteroatoms. The third-order valence-corrected chi connectivity index (χ3v) is 4.66. The van der Waals surface area contributed by atoms with Gasteiger partial charge in [0.1, 0.15) is 5.75 Å². The van der Waals surface area contributed by atoms with E-state index < -0.39 is 0 Å². The quantitative estimate of drug-likeness (QED) is 0.675. The van der Waals surface area contributed by atoms with Crippen LogP contribution in [0.4, 0.5) is 0 Å². The van der Waals surface area contributed by atoms with Crippen molar-refractivity contribution in [1.29, 1.82) is 0 Å². The van der Waals surface area contributed by atoms with Crippen LogP contribution in [-0.4, -0.2) is 25.1 Å². The van der Waals surface area contributed by atoms with Crippen LogP contribution >= 0.6 is 12.2 Å². The van der Waals surface area contributed by atoms with Gasteiger partial charge in [-0.3, -0.25) is 0 Å². The lowest BCUT2D eigenvalue weighted by Gasteiger charge is -2.11. The minimum Gasteiger partial charge on any atom is -0.439 e. The maximum absolute atomic E-state index is 6.18. The van der Waals surface area contributed by atoms with Crippen molar-refractivity contribution in [2.75, 3.05) is 0 Å². The maximum atomic E-state index is 6.18. The van der Waals surface area contributed by atoms with Gasteiger partial charge in [0, 0.05) is 48.9 Å². The van der Waals surface area contributed by atoms with Crippen molar-refractivity contribution in [1.82, 2.24) is 19.7 Å². The Kier molecular flexibility index (Phi) is 4.48. The first kappa shape index (κ1) is 16.8. The summed E-state index contributed by atoms with van der Waals surface area (Å²) in [5.41, 5.74) is 9.28. The highest BCUT2D eigenvalue weighted by Gasteiger charge is 2.27. The van der Waals surface area contributed by atoms with Crippen molar-refractivity contribution in [2.24, 2.45) is 12.8 Å². The molecule has 0 aliphatic heterocycles. The summed E-state index contributed by atoms with van der Waals surface area (Å²) in [6.45, 7) is 0.409. The van der Waals surface area contributed by atoms with E-state index in [2.05, 4.69) is 15.1 Å². The summed E-state index contributed by atoms with van der Waals surface area (Å²) in [6.07, 6.45) is 5.86. The molecule has 132 valence electrons. The Labute approximate surface area is 157 Å². The van der Waals surface area contributed by atoms with E-state index in [0.717, 1.165) is 22.4 Å². The number of thiocarbonyl (C=S) groups is 1. The van der Waals surface area contributed by atoms with E-state index in [1.807, 2.05) is 31.3 Å². The van der Waals surface area contributed by atoms with Gasteiger partial charge in [-0.25, -0.2) is 14.6 Å². The second-order valence-electron chi connectivity index (χ2n) is 6.40. The third-order valence-electron chi connectivity index (χ3n) is 4.39. The van der Waals surface area contributed by atoms with Gasteiger partial charge in [-0.15, -0.1) is 0 Å². The smallest absolute Gasteiger partial charge is 0.217 e. The number of aryl methyl sites for hydroxylation is 1. The predicted octanol–water partition coefficient (Wildman–Crippen LogP) is 3.35. The van der Waals surface area contributed by atoms with Crippen LogP contribution in [-0.2, 0) is 13.6 Å². The fourth-order valence-corrected chi connectivity index (χ4v) is 2.89. The highest BCUT2D eigenvalue weighted by molar-refractivity contribution is 7.79. The summed E-state index contributed by atoms with van der Waals surface area (Å²) in [5.74, 6) is 2.48. The zero-order valence-electron chi connectivity index (χ0n) is 14.4. The molecule has 0 atom stereocenters. The number of nitrogens with two attached hydrogens (primary N) is 1. The van der Waals surface area contributed by atoms with Crippen LogP contribution in [0.2, 0.25) is 0 Å². The van der Waals surface area contributed by atoms with Crippen LogP contribution in [0.3, 0.4) is 0 Å². The first-order valence-corrected chi connectivity index (χ1v) is 8.97. The van der Waals surface area contributed by atoms with Crippen molar-refractivity contribution in [3.8, 4) is 23.0 Å². The van der Waals surface area contributed by atoms with Crippen LogP contribution in [0.25, 0.3) is 11.4 Å². The molecule has 6 nitrogen and oxygen atoms in total. The first-order valence-electron chi connectivity index (χ1n) is 8.50. The maximum Gasteiger partial charge on any atom is 0.217 e. The molecule has 2 aromatic heterocycles. The Morgan fingerprint density at radius 2 is 2.04 bits per heavy atom. The Morgan fingerprint density at radius 1 is 1.27 bits per heavy atom. The lowest BCUT2D eigenvalue weighted by atomic mass is 10.1. The Morgan fingerprint density at radius 3 is 2.69 bits per heavy atom. The van der Waals surface area contributed by atoms with Gasteiger partial charge in [-0.2, -0.15) is 5.10 Å². The topological polar surface area (TPSA) is 78.8 Å². The number of ether oxygens (including phenoxy) is 1. The summed E-state index contributed by atoms with van der Waals surface area (Å²) in [6, 6.07) is 7.74.